The summed E-state index contributed by atoms with van der Waals surface area (Å²) >= 11 is 0. The summed E-state index contributed by atoms with van der Waals surface area (Å²) in [6.07, 6.45) is 0. The van der Waals surface area contributed by atoms with Crippen LogP contribution in [0.3, 0.4) is 0 Å². The number of pyridine rings is 1. The Morgan fingerprint density at radius 2 is 1.05 bits per heavy atom. The first-order valence-corrected chi connectivity index (χ1v) is 14.5. The van der Waals surface area contributed by atoms with Crippen LogP contribution in [0.25, 0.3) is 82.0 Å². The van der Waals surface area contributed by atoms with Gasteiger partial charge >= 0.3 is 0 Å². The van der Waals surface area contributed by atoms with Gasteiger partial charge in [0.25, 0.3) is 0 Å². The summed E-state index contributed by atoms with van der Waals surface area (Å²) in [7, 11) is 0. The fourth-order valence-electron chi connectivity index (χ4n) is 6.82. The van der Waals surface area contributed by atoms with Crippen LogP contribution in [-0.4, -0.2) is 9.55 Å². The summed E-state index contributed by atoms with van der Waals surface area (Å²) in [5.74, 6) is 0. The summed E-state index contributed by atoms with van der Waals surface area (Å²) in [4.78, 5) is 5.33. The Balaban J connectivity index is 1.33. The van der Waals surface area contributed by atoms with E-state index in [0.29, 0.717) is 5.56 Å². The average Bonchev–Trinajstić information content (AvgIpc) is 3.40. The van der Waals surface area contributed by atoms with E-state index in [1.807, 2.05) is 12.1 Å². The highest BCUT2D eigenvalue weighted by Crippen LogP contribution is 2.40. The number of benzene rings is 7. The minimum Gasteiger partial charge on any atom is -0.309 e. The molecule has 3 heteroatoms. The van der Waals surface area contributed by atoms with Crippen LogP contribution in [0.5, 0.6) is 0 Å². The lowest BCUT2D eigenvalue weighted by atomic mass is 9.92. The molecule has 198 valence electrons. The van der Waals surface area contributed by atoms with Crippen LogP contribution in [0, 0.1) is 11.3 Å². The number of hydrogen-bond donors (Lipinski definition) is 0. The van der Waals surface area contributed by atoms with E-state index < -0.39 is 0 Å². The van der Waals surface area contributed by atoms with Crippen LogP contribution in [-0.2, 0) is 0 Å². The number of nitriles is 1. The third-order valence-electron chi connectivity index (χ3n) is 8.78. The summed E-state index contributed by atoms with van der Waals surface area (Å²) in [5.41, 5.74) is 8.25. The molecule has 9 aromatic rings. The molecule has 9 rings (SSSR count). The highest BCUT2D eigenvalue weighted by atomic mass is 15.0. The molecule has 3 nitrogen and oxygen atoms in total. The van der Waals surface area contributed by atoms with E-state index in [9.17, 15) is 5.26 Å². The van der Waals surface area contributed by atoms with Gasteiger partial charge in [-0.2, -0.15) is 5.26 Å². The van der Waals surface area contributed by atoms with Crippen LogP contribution in [0.1, 0.15) is 5.56 Å². The standard InChI is InChI=1S/C40H23N3/c41-24-25-13-20-33-32-11-5-6-12-36(32)43(37(33)23-25)29-18-14-28(15-19-29)38-34-21-16-26-7-1-3-9-30(26)39(34)42-40-31-10-4-2-8-27(31)17-22-35(38)40/h1-23H. The quantitative estimate of drug-likeness (QED) is 0.160. The molecule has 0 radical (unpaired) electrons. The third kappa shape index (κ3) is 3.44. The van der Waals surface area contributed by atoms with Crippen molar-refractivity contribution in [3.8, 4) is 22.9 Å². The van der Waals surface area contributed by atoms with Crippen LogP contribution in [0.15, 0.2) is 140 Å². The lowest BCUT2D eigenvalue weighted by molar-refractivity contribution is 1.18. The van der Waals surface area contributed by atoms with Gasteiger partial charge in [-0.25, -0.2) is 4.98 Å². The second kappa shape index (κ2) is 9.01. The minimum absolute atomic E-state index is 0.655. The van der Waals surface area contributed by atoms with E-state index in [0.717, 1.165) is 60.2 Å². The Morgan fingerprint density at radius 1 is 0.488 bits per heavy atom. The summed E-state index contributed by atoms with van der Waals surface area (Å²) in [5, 5.41) is 18.9. The molecule has 0 amide bonds. The first-order chi connectivity index (χ1) is 21.3. The zero-order valence-corrected chi connectivity index (χ0v) is 23.1. The molecule has 0 spiro atoms. The van der Waals surface area contributed by atoms with Crippen LogP contribution in [0.4, 0.5) is 0 Å². The Labute approximate surface area is 247 Å². The maximum Gasteiger partial charge on any atom is 0.0992 e. The van der Waals surface area contributed by atoms with E-state index in [1.54, 1.807) is 0 Å². The van der Waals surface area contributed by atoms with Crippen molar-refractivity contribution in [2.24, 2.45) is 0 Å². The monoisotopic (exact) mass is 545 g/mol. The molecule has 2 heterocycles. The summed E-state index contributed by atoms with van der Waals surface area (Å²) in [6.45, 7) is 0. The lowest BCUT2D eigenvalue weighted by Crippen LogP contribution is -1.95. The topological polar surface area (TPSA) is 41.6 Å². The highest BCUT2D eigenvalue weighted by molar-refractivity contribution is 6.21. The van der Waals surface area contributed by atoms with Crippen molar-refractivity contribution in [3.63, 3.8) is 0 Å². The first kappa shape index (κ1) is 23.7. The second-order valence-corrected chi connectivity index (χ2v) is 11.1. The molecule has 43 heavy (non-hydrogen) atoms. The Kier molecular flexibility index (Phi) is 4.97. The van der Waals surface area contributed by atoms with Crippen molar-refractivity contribution < 1.29 is 0 Å². The lowest BCUT2D eigenvalue weighted by Gasteiger charge is -2.15. The molecule has 2 aromatic heterocycles. The smallest absolute Gasteiger partial charge is 0.0992 e. The van der Waals surface area contributed by atoms with Gasteiger partial charge in [0.05, 0.1) is 33.7 Å². The Hall–Kier alpha value is -5.98. The largest absolute Gasteiger partial charge is 0.309 e. The molecule has 0 atom stereocenters. The molecular formula is C40H23N3. The van der Waals surface area contributed by atoms with Crippen molar-refractivity contribution in [1.29, 1.82) is 5.26 Å². The molecule has 0 aliphatic rings. The molecule has 0 fully saturated rings. The SMILES string of the molecule is N#Cc1ccc2c3ccccc3n(-c3ccc(-c4c5ccc6ccccc6c5nc5c4ccc4ccccc45)cc3)c2c1. The Bertz CT molecular complexity index is 2520. The molecule has 0 saturated carbocycles. The van der Waals surface area contributed by atoms with E-state index in [-0.39, 0.29) is 0 Å². The minimum atomic E-state index is 0.655. The van der Waals surface area contributed by atoms with Crippen LogP contribution >= 0.6 is 0 Å². The maximum absolute atomic E-state index is 9.64. The van der Waals surface area contributed by atoms with Crippen molar-refractivity contribution in [2.45, 2.75) is 0 Å². The van der Waals surface area contributed by atoms with E-state index in [4.69, 9.17) is 4.98 Å². The number of aromatic nitrogens is 2. The fourth-order valence-corrected chi connectivity index (χ4v) is 6.82. The van der Waals surface area contributed by atoms with Crippen molar-refractivity contribution in [2.75, 3.05) is 0 Å². The van der Waals surface area contributed by atoms with E-state index in [1.165, 1.54) is 21.7 Å². The number of rotatable bonds is 2. The Morgan fingerprint density at radius 3 is 1.70 bits per heavy atom. The number of nitrogens with zero attached hydrogens (tertiary/aromatic N) is 3. The molecule has 0 unspecified atom stereocenters. The molecule has 0 aliphatic heterocycles. The van der Waals surface area contributed by atoms with Gasteiger partial charge < -0.3 is 4.57 Å². The van der Waals surface area contributed by atoms with Gasteiger partial charge in [-0.05, 0) is 46.7 Å². The van der Waals surface area contributed by atoms with Crippen LogP contribution in [0.2, 0.25) is 0 Å². The average molecular weight is 546 g/mol. The second-order valence-electron chi connectivity index (χ2n) is 11.1. The van der Waals surface area contributed by atoms with Crippen molar-refractivity contribution >= 4 is 65.2 Å². The molecular weight excluding hydrogens is 522 g/mol. The molecule has 7 aromatic carbocycles. The zero-order chi connectivity index (χ0) is 28.5. The van der Waals surface area contributed by atoms with Gasteiger partial charge in [0.2, 0.25) is 0 Å². The van der Waals surface area contributed by atoms with Gasteiger partial charge in [0.1, 0.15) is 0 Å². The fraction of sp³-hybridized carbons (Fsp3) is 0. The normalized spacial score (nSPS) is 11.7. The van der Waals surface area contributed by atoms with Gasteiger partial charge in [0, 0.05) is 43.6 Å². The van der Waals surface area contributed by atoms with E-state index >= 15 is 0 Å². The molecule has 0 saturated heterocycles. The number of para-hydroxylation sites is 1. The van der Waals surface area contributed by atoms with Gasteiger partial charge in [0.15, 0.2) is 0 Å². The number of fused-ring (bicyclic) bond motifs is 9. The third-order valence-corrected chi connectivity index (χ3v) is 8.78. The predicted octanol–water partition coefficient (Wildman–Crippen LogP) is 10.3. The highest BCUT2D eigenvalue weighted by Gasteiger charge is 2.17. The molecule has 0 aliphatic carbocycles. The summed E-state index contributed by atoms with van der Waals surface area (Å²) < 4.78 is 2.26. The number of hydrogen-bond acceptors (Lipinski definition) is 2. The van der Waals surface area contributed by atoms with E-state index in [2.05, 4.69) is 138 Å². The van der Waals surface area contributed by atoms with Crippen LogP contribution < -0.4 is 0 Å². The molecule has 0 bridgehead atoms. The predicted molar refractivity (Wildman–Crippen MR) is 179 cm³/mol. The van der Waals surface area contributed by atoms with Crippen molar-refractivity contribution in [1.82, 2.24) is 9.55 Å². The molecule has 0 N–H and O–H groups in total. The zero-order valence-electron chi connectivity index (χ0n) is 23.1. The van der Waals surface area contributed by atoms with Gasteiger partial charge in [-0.1, -0.05) is 109 Å². The van der Waals surface area contributed by atoms with Gasteiger partial charge in [-0.3, -0.25) is 0 Å². The first-order valence-electron chi connectivity index (χ1n) is 14.5. The van der Waals surface area contributed by atoms with Gasteiger partial charge in [-0.15, -0.1) is 0 Å². The van der Waals surface area contributed by atoms with Crippen molar-refractivity contribution in [3.05, 3.63) is 145 Å². The summed E-state index contributed by atoms with van der Waals surface area (Å²) in [6, 6.07) is 51.4. The maximum atomic E-state index is 9.64.